The van der Waals surface area contributed by atoms with Crippen LogP contribution in [0.25, 0.3) is 0 Å². The third-order valence-corrected chi connectivity index (χ3v) is 5.23. The predicted octanol–water partition coefficient (Wildman–Crippen LogP) is 3.82. The molecule has 2 heterocycles. The molecule has 1 aromatic carbocycles. The molecule has 1 aliphatic rings. The molecule has 0 saturated carbocycles. The summed E-state index contributed by atoms with van der Waals surface area (Å²) in [5.74, 6) is 0.0547. The van der Waals surface area contributed by atoms with E-state index in [1.165, 1.54) is 10.4 Å². The molecule has 0 bridgehead atoms. The first-order valence-corrected chi connectivity index (χ1v) is 8.62. The van der Waals surface area contributed by atoms with Crippen LogP contribution in [0.3, 0.4) is 0 Å². The summed E-state index contributed by atoms with van der Waals surface area (Å²) >= 11 is 5.25. The number of thiophene rings is 1. The van der Waals surface area contributed by atoms with Gasteiger partial charge in [-0.15, -0.1) is 11.3 Å². The molecule has 3 nitrogen and oxygen atoms in total. The van der Waals surface area contributed by atoms with Gasteiger partial charge in [0.15, 0.2) is 0 Å². The third kappa shape index (κ3) is 3.54. The highest BCUT2D eigenvalue weighted by Crippen LogP contribution is 2.24. The first-order chi connectivity index (χ1) is 10.1. The van der Waals surface area contributed by atoms with E-state index in [9.17, 15) is 4.79 Å². The molecule has 0 aliphatic carbocycles. The molecule has 5 heteroatoms. The topological polar surface area (TPSA) is 32.3 Å². The fourth-order valence-electron chi connectivity index (χ4n) is 2.60. The zero-order chi connectivity index (χ0) is 14.8. The quantitative estimate of drug-likeness (QED) is 0.897. The number of halogens is 1. The molecule has 0 fully saturated rings. The highest BCUT2D eigenvalue weighted by atomic mass is 79.9. The molecular formula is C16H17BrN2OS. The highest BCUT2D eigenvalue weighted by Gasteiger charge is 2.19. The number of nitrogens with one attached hydrogen (secondary N) is 1. The summed E-state index contributed by atoms with van der Waals surface area (Å²) < 4.78 is 1.03. The SMILES string of the molecule is Cc1cc(Br)ccc1NC(=O)CN1CCc2sccc2C1. The number of benzene rings is 1. The van der Waals surface area contributed by atoms with Crippen molar-refractivity contribution in [3.63, 3.8) is 0 Å². The van der Waals surface area contributed by atoms with Gasteiger partial charge in [0.25, 0.3) is 0 Å². The van der Waals surface area contributed by atoms with Gasteiger partial charge in [0.1, 0.15) is 0 Å². The number of rotatable bonds is 3. The van der Waals surface area contributed by atoms with E-state index in [4.69, 9.17) is 0 Å². The minimum Gasteiger partial charge on any atom is -0.325 e. The number of anilines is 1. The number of carbonyl (C=O) groups is 1. The minimum atomic E-state index is 0.0547. The highest BCUT2D eigenvalue weighted by molar-refractivity contribution is 9.10. The third-order valence-electron chi connectivity index (χ3n) is 3.72. The fourth-order valence-corrected chi connectivity index (χ4v) is 3.97. The lowest BCUT2D eigenvalue weighted by Gasteiger charge is -2.26. The van der Waals surface area contributed by atoms with Crippen molar-refractivity contribution in [2.45, 2.75) is 19.9 Å². The summed E-state index contributed by atoms with van der Waals surface area (Å²) in [4.78, 5) is 15.9. The van der Waals surface area contributed by atoms with Gasteiger partial charge >= 0.3 is 0 Å². The van der Waals surface area contributed by atoms with Crippen molar-refractivity contribution >= 4 is 38.9 Å². The first-order valence-electron chi connectivity index (χ1n) is 6.95. The number of hydrogen-bond acceptors (Lipinski definition) is 3. The van der Waals surface area contributed by atoms with E-state index < -0.39 is 0 Å². The molecular weight excluding hydrogens is 348 g/mol. The summed E-state index contributed by atoms with van der Waals surface area (Å²) in [6.45, 7) is 4.29. The second-order valence-corrected chi connectivity index (χ2v) is 7.25. The van der Waals surface area contributed by atoms with E-state index in [1.54, 1.807) is 0 Å². The molecule has 110 valence electrons. The van der Waals surface area contributed by atoms with Crippen LogP contribution < -0.4 is 5.32 Å². The number of fused-ring (bicyclic) bond motifs is 1. The summed E-state index contributed by atoms with van der Waals surface area (Å²) in [7, 11) is 0. The largest absolute Gasteiger partial charge is 0.325 e. The lowest BCUT2D eigenvalue weighted by atomic mass is 10.1. The zero-order valence-electron chi connectivity index (χ0n) is 11.9. The average Bonchev–Trinajstić information content (AvgIpc) is 2.89. The molecule has 3 rings (SSSR count). The molecule has 1 N–H and O–H groups in total. The Bertz CT molecular complexity index is 668. The maximum Gasteiger partial charge on any atom is 0.238 e. The van der Waals surface area contributed by atoms with Crippen molar-refractivity contribution < 1.29 is 4.79 Å². The van der Waals surface area contributed by atoms with E-state index in [2.05, 4.69) is 37.6 Å². The van der Waals surface area contributed by atoms with Crippen LogP contribution in [-0.4, -0.2) is 23.9 Å². The number of carbonyl (C=O) groups excluding carboxylic acids is 1. The van der Waals surface area contributed by atoms with Crippen molar-refractivity contribution in [1.29, 1.82) is 0 Å². The summed E-state index contributed by atoms with van der Waals surface area (Å²) in [6, 6.07) is 8.06. The van der Waals surface area contributed by atoms with Crippen molar-refractivity contribution in [2.75, 3.05) is 18.4 Å². The van der Waals surface area contributed by atoms with Gasteiger partial charge in [-0.25, -0.2) is 0 Å². The van der Waals surface area contributed by atoms with Crippen LogP contribution in [0.5, 0.6) is 0 Å². The van der Waals surface area contributed by atoms with Crippen LogP contribution in [0.15, 0.2) is 34.1 Å². The Balaban J connectivity index is 1.60. The smallest absolute Gasteiger partial charge is 0.238 e. The Labute approximate surface area is 137 Å². The van der Waals surface area contributed by atoms with Crippen molar-refractivity contribution in [1.82, 2.24) is 4.90 Å². The lowest BCUT2D eigenvalue weighted by molar-refractivity contribution is -0.117. The summed E-state index contributed by atoms with van der Waals surface area (Å²) in [6.07, 6.45) is 1.05. The van der Waals surface area contributed by atoms with E-state index in [0.717, 1.165) is 35.2 Å². The van der Waals surface area contributed by atoms with Crippen molar-refractivity contribution in [2.24, 2.45) is 0 Å². The normalized spacial score (nSPS) is 14.8. The maximum absolute atomic E-state index is 12.2. The summed E-state index contributed by atoms with van der Waals surface area (Å²) in [5.41, 5.74) is 3.33. The van der Waals surface area contributed by atoms with E-state index >= 15 is 0 Å². The molecule has 1 aliphatic heterocycles. The van der Waals surface area contributed by atoms with Gasteiger partial charge in [-0.2, -0.15) is 0 Å². The van der Waals surface area contributed by atoms with Gasteiger partial charge in [-0.1, -0.05) is 15.9 Å². The minimum absolute atomic E-state index is 0.0547. The van der Waals surface area contributed by atoms with Gasteiger partial charge in [0.05, 0.1) is 6.54 Å². The molecule has 0 spiro atoms. The number of aryl methyl sites for hydroxylation is 1. The number of amides is 1. The Morgan fingerprint density at radius 3 is 3.10 bits per heavy atom. The van der Waals surface area contributed by atoms with Crippen LogP contribution in [0.4, 0.5) is 5.69 Å². The van der Waals surface area contributed by atoms with Gasteiger partial charge in [-0.05, 0) is 54.1 Å². The molecule has 21 heavy (non-hydrogen) atoms. The van der Waals surface area contributed by atoms with Crippen LogP contribution in [0.2, 0.25) is 0 Å². The fraction of sp³-hybridized carbons (Fsp3) is 0.312. The van der Waals surface area contributed by atoms with Crippen LogP contribution in [0.1, 0.15) is 16.0 Å². The first kappa shape index (κ1) is 14.8. The molecule has 0 radical (unpaired) electrons. The van der Waals surface area contributed by atoms with E-state index in [-0.39, 0.29) is 5.91 Å². The molecule has 0 unspecified atom stereocenters. The Hall–Kier alpha value is -1.17. The van der Waals surface area contributed by atoms with Crippen molar-refractivity contribution in [3.8, 4) is 0 Å². The van der Waals surface area contributed by atoms with Crippen LogP contribution in [-0.2, 0) is 17.8 Å². The zero-order valence-corrected chi connectivity index (χ0v) is 14.3. The average molecular weight is 365 g/mol. The van der Waals surface area contributed by atoms with Gasteiger partial charge in [-0.3, -0.25) is 9.69 Å². The molecule has 2 aromatic rings. The van der Waals surface area contributed by atoms with E-state index in [1.807, 2.05) is 36.5 Å². The number of hydrogen-bond donors (Lipinski definition) is 1. The van der Waals surface area contributed by atoms with Gasteiger partial charge < -0.3 is 5.32 Å². The Kier molecular flexibility index (Phi) is 4.42. The molecule has 1 amide bonds. The van der Waals surface area contributed by atoms with Gasteiger partial charge in [0, 0.05) is 28.1 Å². The maximum atomic E-state index is 12.2. The standard InChI is InChI=1S/C16H17BrN2OS/c1-11-8-13(17)2-3-14(11)18-16(20)10-19-6-4-15-12(9-19)5-7-21-15/h2-3,5,7-8H,4,6,9-10H2,1H3,(H,18,20). The second-order valence-electron chi connectivity index (χ2n) is 5.34. The van der Waals surface area contributed by atoms with Gasteiger partial charge in [0.2, 0.25) is 5.91 Å². The van der Waals surface area contributed by atoms with E-state index in [0.29, 0.717) is 6.54 Å². The Morgan fingerprint density at radius 1 is 1.43 bits per heavy atom. The Morgan fingerprint density at radius 2 is 2.29 bits per heavy atom. The predicted molar refractivity (Wildman–Crippen MR) is 90.8 cm³/mol. The molecule has 0 atom stereocenters. The summed E-state index contributed by atoms with van der Waals surface area (Å²) in [5, 5.41) is 5.14. The number of nitrogens with zero attached hydrogens (tertiary/aromatic N) is 1. The molecule has 0 saturated heterocycles. The van der Waals surface area contributed by atoms with Crippen molar-refractivity contribution in [3.05, 3.63) is 50.1 Å². The van der Waals surface area contributed by atoms with Crippen LogP contribution >= 0.6 is 27.3 Å². The van der Waals surface area contributed by atoms with Crippen LogP contribution in [0, 0.1) is 6.92 Å². The second kappa shape index (κ2) is 6.30. The molecule has 1 aromatic heterocycles. The monoisotopic (exact) mass is 364 g/mol. The lowest BCUT2D eigenvalue weighted by Crippen LogP contribution is -2.36.